The van der Waals surface area contributed by atoms with Gasteiger partial charge in [-0.2, -0.15) is 0 Å². The molecule has 0 N–H and O–H groups in total. The fourth-order valence-electron chi connectivity index (χ4n) is 1.07. The molecule has 86 valence electrons. The van der Waals surface area contributed by atoms with Crippen LogP contribution in [-0.2, 0) is 18.9 Å². The molecule has 0 aromatic carbocycles. The zero-order chi connectivity index (χ0) is 11.0. The Hall–Kier alpha value is 0.130. The van der Waals surface area contributed by atoms with Gasteiger partial charge in [-0.3, -0.25) is 0 Å². The molecular formula is C9H19ClO4. The van der Waals surface area contributed by atoms with Crippen molar-refractivity contribution in [1.82, 2.24) is 0 Å². The number of hydrogen-bond donors (Lipinski definition) is 0. The molecule has 0 heterocycles. The van der Waals surface area contributed by atoms with E-state index in [9.17, 15) is 0 Å². The van der Waals surface area contributed by atoms with Gasteiger partial charge in [0.15, 0.2) is 0 Å². The number of hydrogen-bond acceptors (Lipinski definition) is 4. The lowest BCUT2D eigenvalue weighted by atomic mass is 10.5. The van der Waals surface area contributed by atoms with Gasteiger partial charge in [0, 0.05) is 26.9 Å². The number of ether oxygens (including phenoxy) is 4. The molecule has 0 amide bonds. The molecular weight excluding hydrogens is 208 g/mol. The largest absolute Gasteiger partial charge is 0.358 e. The summed E-state index contributed by atoms with van der Waals surface area (Å²) >= 11 is 5.93. The highest BCUT2D eigenvalue weighted by Crippen LogP contribution is 2.25. The van der Waals surface area contributed by atoms with Gasteiger partial charge in [0.2, 0.25) is 5.56 Å². The fourth-order valence-corrected chi connectivity index (χ4v) is 1.26. The Kier molecular flexibility index (Phi) is 7.49. The minimum atomic E-state index is -1.30. The van der Waals surface area contributed by atoms with Crippen molar-refractivity contribution in [1.29, 1.82) is 0 Å². The SMILES string of the molecule is CCOC(OCC)(OCC)C(Cl)OC. The van der Waals surface area contributed by atoms with E-state index in [0.717, 1.165) is 0 Å². The first-order valence-corrected chi connectivity index (χ1v) is 5.19. The van der Waals surface area contributed by atoms with Gasteiger partial charge < -0.3 is 18.9 Å². The standard InChI is InChI=1S/C9H19ClO4/c1-5-12-9(13-6-2,14-7-3)8(10)11-4/h8H,5-7H2,1-4H3. The summed E-state index contributed by atoms with van der Waals surface area (Å²) in [5.41, 5.74) is -0.789. The van der Waals surface area contributed by atoms with Crippen molar-refractivity contribution in [2.45, 2.75) is 32.3 Å². The highest BCUT2D eigenvalue weighted by molar-refractivity contribution is 6.20. The Morgan fingerprint density at radius 1 is 1.00 bits per heavy atom. The van der Waals surface area contributed by atoms with Crippen molar-refractivity contribution < 1.29 is 18.9 Å². The quantitative estimate of drug-likeness (QED) is 0.468. The maximum Gasteiger partial charge on any atom is 0.325 e. The summed E-state index contributed by atoms with van der Waals surface area (Å²) in [5.74, 6) is -1.30. The molecule has 4 nitrogen and oxygen atoms in total. The van der Waals surface area contributed by atoms with E-state index in [2.05, 4.69) is 0 Å². The molecule has 0 bridgehead atoms. The van der Waals surface area contributed by atoms with E-state index in [0.29, 0.717) is 19.8 Å². The molecule has 0 aliphatic carbocycles. The molecule has 0 aliphatic rings. The van der Waals surface area contributed by atoms with Crippen molar-refractivity contribution in [3.8, 4) is 0 Å². The molecule has 0 aromatic rings. The van der Waals surface area contributed by atoms with Gasteiger partial charge in [-0.25, -0.2) is 0 Å². The molecule has 0 aliphatic heterocycles. The summed E-state index contributed by atoms with van der Waals surface area (Å²) in [5, 5.41) is 0. The lowest BCUT2D eigenvalue weighted by Crippen LogP contribution is -2.48. The molecule has 0 saturated heterocycles. The van der Waals surface area contributed by atoms with Crippen LogP contribution >= 0.6 is 11.6 Å². The van der Waals surface area contributed by atoms with Crippen LogP contribution in [0.2, 0.25) is 0 Å². The zero-order valence-corrected chi connectivity index (χ0v) is 9.97. The third kappa shape index (κ3) is 3.71. The maximum absolute atomic E-state index is 5.93. The minimum absolute atomic E-state index is 0.437. The van der Waals surface area contributed by atoms with Crippen molar-refractivity contribution in [3.63, 3.8) is 0 Å². The van der Waals surface area contributed by atoms with Gasteiger partial charge in [0.1, 0.15) is 0 Å². The highest BCUT2D eigenvalue weighted by Gasteiger charge is 2.41. The van der Waals surface area contributed by atoms with E-state index in [4.69, 9.17) is 30.5 Å². The first-order valence-electron chi connectivity index (χ1n) is 4.75. The zero-order valence-electron chi connectivity index (χ0n) is 9.21. The predicted octanol–water partition coefficient (Wildman–Crippen LogP) is 1.96. The van der Waals surface area contributed by atoms with E-state index in [1.54, 1.807) is 0 Å². The van der Waals surface area contributed by atoms with Gasteiger partial charge >= 0.3 is 5.97 Å². The normalized spacial score (nSPS) is 14.4. The van der Waals surface area contributed by atoms with Crippen LogP contribution < -0.4 is 0 Å². The summed E-state index contributed by atoms with van der Waals surface area (Å²) in [6, 6.07) is 0. The Balaban J connectivity index is 4.53. The van der Waals surface area contributed by atoms with E-state index in [1.807, 2.05) is 20.8 Å². The molecule has 0 spiro atoms. The Morgan fingerprint density at radius 2 is 1.36 bits per heavy atom. The van der Waals surface area contributed by atoms with Crippen molar-refractivity contribution >= 4 is 11.6 Å². The van der Waals surface area contributed by atoms with Crippen LogP contribution in [-0.4, -0.2) is 38.5 Å². The molecule has 1 atom stereocenters. The van der Waals surface area contributed by atoms with Crippen molar-refractivity contribution in [2.75, 3.05) is 26.9 Å². The first-order chi connectivity index (χ1) is 6.66. The monoisotopic (exact) mass is 226 g/mol. The van der Waals surface area contributed by atoms with Crippen LogP contribution in [0.1, 0.15) is 20.8 Å². The van der Waals surface area contributed by atoms with Crippen molar-refractivity contribution in [3.05, 3.63) is 0 Å². The van der Waals surface area contributed by atoms with E-state index >= 15 is 0 Å². The van der Waals surface area contributed by atoms with Crippen molar-refractivity contribution in [2.24, 2.45) is 0 Å². The van der Waals surface area contributed by atoms with Crippen LogP contribution in [0.15, 0.2) is 0 Å². The number of methoxy groups -OCH3 is 1. The van der Waals surface area contributed by atoms with Gasteiger partial charge in [0.05, 0.1) is 0 Å². The second-order valence-electron chi connectivity index (χ2n) is 2.45. The Bertz CT molecular complexity index is 126. The summed E-state index contributed by atoms with van der Waals surface area (Å²) in [6.45, 7) is 6.83. The summed E-state index contributed by atoms with van der Waals surface area (Å²) in [7, 11) is 1.48. The smallest absolute Gasteiger partial charge is 0.325 e. The molecule has 0 radical (unpaired) electrons. The lowest BCUT2D eigenvalue weighted by Gasteiger charge is -2.34. The van der Waals surface area contributed by atoms with Gasteiger partial charge in [-0.1, -0.05) is 11.6 Å². The van der Waals surface area contributed by atoms with Crippen LogP contribution in [0.3, 0.4) is 0 Å². The van der Waals surface area contributed by atoms with Crippen LogP contribution in [0.4, 0.5) is 0 Å². The van der Waals surface area contributed by atoms with E-state index < -0.39 is 11.5 Å². The molecule has 0 rings (SSSR count). The third-order valence-electron chi connectivity index (χ3n) is 1.52. The van der Waals surface area contributed by atoms with Gasteiger partial charge in [-0.05, 0) is 20.8 Å². The average molecular weight is 227 g/mol. The summed E-state index contributed by atoms with van der Waals surface area (Å²) in [4.78, 5) is 0. The van der Waals surface area contributed by atoms with Crippen LogP contribution in [0.5, 0.6) is 0 Å². The molecule has 0 fully saturated rings. The third-order valence-corrected chi connectivity index (χ3v) is 1.97. The van der Waals surface area contributed by atoms with Gasteiger partial charge in [0.25, 0.3) is 0 Å². The number of rotatable bonds is 8. The second kappa shape index (κ2) is 7.43. The molecule has 5 heteroatoms. The van der Waals surface area contributed by atoms with Crippen LogP contribution in [0, 0.1) is 0 Å². The molecule has 1 unspecified atom stereocenters. The van der Waals surface area contributed by atoms with Crippen LogP contribution in [0.25, 0.3) is 0 Å². The van der Waals surface area contributed by atoms with E-state index in [-0.39, 0.29) is 0 Å². The molecule has 0 saturated carbocycles. The molecule has 14 heavy (non-hydrogen) atoms. The number of alkyl halides is 1. The lowest BCUT2D eigenvalue weighted by molar-refractivity contribution is -0.398. The Labute approximate surface area is 90.4 Å². The number of halogens is 1. The highest BCUT2D eigenvalue weighted by atomic mass is 35.5. The maximum atomic E-state index is 5.93. The second-order valence-corrected chi connectivity index (χ2v) is 2.85. The molecule has 0 aromatic heterocycles. The Morgan fingerprint density at radius 3 is 1.57 bits per heavy atom. The fraction of sp³-hybridized carbons (Fsp3) is 1.00. The predicted molar refractivity (Wildman–Crippen MR) is 54.3 cm³/mol. The van der Waals surface area contributed by atoms with E-state index in [1.165, 1.54) is 7.11 Å². The summed E-state index contributed by atoms with van der Waals surface area (Å²) in [6.07, 6.45) is 0. The summed E-state index contributed by atoms with van der Waals surface area (Å²) < 4.78 is 21.0. The minimum Gasteiger partial charge on any atom is -0.358 e. The first kappa shape index (κ1) is 14.1. The topological polar surface area (TPSA) is 36.9 Å². The van der Waals surface area contributed by atoms with Gasteiger partial charge in [-0.15, -0.1) is 0 Å². The average Bonchev–Trinajstić information content (AvgIpc) is 2.17.